The summed E-state index contributed by atoms with van der Waals surface area (Å²) >= 11 is 0. The second-order valence-corrected chi connectivity index (χ2v) is 6.31. The molecule has 4 rings (SSSR count). The van der Waals surface area contributed by atoms with Crippen molar-refractivity contribution >= 4 is 5.91 Å². The summed E-state index contributed by atoms with van der Waals surface area (Å²) < 4.78 is 0. The monoisotopic (exact) mass is 296 g/mol. The molecule has 1 amide bonds. The number of nitrogens with one attached hydrogen (secondary N) is 1. The van der Waals surface area contributed by atoms with Crippen molar-refractivity contribution in [2.45, 2.75) is 31.6 Å². The van der Waals surface area contributed by atoms with Gasteiger partial charge in [0.05, 0.1) is 0 Å². The van der Waals surface area contributed by atoms with E-state index in [0.717, 1.165) is 56.0 Å². The van der Waals surface area contributed by atoms with Crippen molar-refractivity contribution in [3.63, 3.8) is 0 Å². The van der Waals surface area contributed by atoms with Crippen molar-refractivity contribution in [1.82, 2.24) is 20.1 Å². The molecule has 2 heterocycles. The maximum absolute atomic E-state index is 12.2. The Morgan fingerprint density at radius 1 is 1.18 bits per heavy atom. The average Bonchev–Trinajstić information content (AvgIpc) is 3.31. The number of nitrogens with zero attached hydrogens (tertiary/aromatic N) is 3. The molecule has 2 fully saturated rings. The maximum atomic E-state index is 12.2. The molecule has 1 unspecified atom stereocenters. The Morgan fingerprint density at radius 3 is 2.77 bits per heavy atom. The lowest BCUT2D eigenvalue weighted by atomic mass is 9.97. The molecule has 1 aromatic heterocycles. The zero-order chi connectivity index (χ0) is 14.9. The van der Waals surface area contributed by atoms with E-state index in [1.165, 1.54) is 0 Å². The van der Waals surface area contributed by atoms with Gasteiger partial charge >= 0.3 is 0 Å². The molecule has 114 valence electrons. The lowest BCUT2D eigenvalue weighted by molar-refractivity contribution is -0.133. The van der Waals surface area contributed by atoms with Crippen molar-refractivity contribution in [2.24, 2.45) is 5.92 Å². The van der Waals surface area contributed by atoms with E-state index in [1.54, 1.807) is 0 Å². The largest absolute Gasteiger partial charge is 0.342 e. The molecule has 1 atom stereocenters. The predicted octanol–water partition coefficient (Wildman–Crippen LogP) is 2.59. The molecule has 1 aliphatic carbocycles. The fraction of sp³-hybridized carbons (Fsp3) is 0.471. The molecule has 2 aromatic rings. The molecule has 22 heavy (non-hydrogen) atoms. The summed E-state index contributed by atoms with van der Waals surface area (Å²) in [4.78, 5) is 18.9. The second-order valence-electron chi connectivity index (χ2n) is 6.31. The smallest absolute Gasteiger partial charge is 0.225 e. The highest BCUT2D eigenvalue weighted by molar-refractivity contribution is 5.81. The van der Waals surface area contributed by atoms with E-state index in [9.17, 15) is 4.79 Å². The number of piperidine rings is 1. The number of likely N-dealkylation sites (tertiary alicyclic amines) is 1. The first-order chi connectivity index (χ1) is 10.8. The number of benzene rings is 1. The summed E-state index contributed by atoms with van der Waals surface area (Å²) in [7, 11) is 0. The zero-order valence-electron chi connectivity index (χ0n) is 12.5. The summed E-state index contributed by atoms with van der Waals surface area (Å²) in [5.41, 5.74) is 1.02. The quantitative estimate of drug-likeness (QED) is 0.947. The van der Waals surface area contributed by atoms with Crippen molar-refractivity contribution < 1.29 is 4.79 Å². The van der Waals surface area contributed by atoms with Gasteiger partial charge in [-0.15, -0.1) is 0 Å². The van der Waals surface area contributed by atoms with Gasteiger partial charge in [0.1, 0.15) is 5.82 Å². The van der Waals surface area contributed by atoms with Crippen LogP contribution in [0, 0.1) is 5.92 Å². The molecule has 2 aliphatic rings. The van der Waals surface area contributed by atoms with Gasteiger partial charge in [0.2, 0.25) is 5.91 Å². The standard InChI is InChI=1S/C17H20N4O/c22-17(13-8-9-13)21-10-4-7-14(11-21)16-18-15(19-20-16)12-5-2-1-3-6-12/h1-3,5-6,13-14H,4,7-11H2,(H,18,19,20). The van der Waals surface area contributed by atoms with E-state index in [0.29, 0.717) is 11.8 Å². The van der Waals surface area contributed by atoms with Crippen LogP contribution >= 0.6 is 0 Å². The van der Waals surface area contributed by atoms with Crippen LogP contribution in [0.3, 0.4) is 0 Å². The molecular weight excluding hydrogens is 276 g/mol. The molecule has 1 N–H and O–H groups in total. The highest BCUT2D eigenvalue weighted by Crippen LogP contribution is 2.34. The number of carbonyl (C=O) groups is 1. The third kappa shape index (κ3) is 2.63. The van der Waals surface area contributed by atoms with E-state index < -0.39 is 0 Å². The number of aromatic amines is 1. The number of hydrogen-bond acceptors (Lipinski definition) is 3. The number of rotatable bonds is 3. The van der Waals surface area contributed by atoms with E-state index in [2.05, 4.69) is 15.2 Å². The summed E-state index contributed by atoms with van der Waals surface area (Å²) in [5.74, 6) is 2.57. The molecular formula is C17H20N4O. The summed E-state index contributed by atoms with van der Waals surface area (Å²) in [5, 5.41) is 7.42. The van der Waals surface area contributed by atoms with Crippen molar-refractivity contribution in [3.05, 3.63) is 36.2 Å². The molecule has 1 saturated carbocycles. The lowest BCUT2D eigenvalue weighted by Gasteiger charge is -2.31. The highest BCUT2D eigenvalue weighted by Gasteiger charge is 2.36. The van der Waals surface area contributed by atoms with Gasteiger partial charge in [0.25, 0.3) is 0 Å². The van der Waals surface area contributed by atoms with E-state index in [1.807, 2.05) is 35.2 Å². The molecule has 1 aliphatic heterocycles. The van der Waals surface area contributed by atoms with Gasteiger partial charge in [-0.2, -0.15) is 5.10 Å². The Hall–Kier alpha value is -2.17. The maximum Gasteiger partial charge on any atom is 0.225 e. The number of aromatic nitrogens is 3. The predicted molar refractivity (Wildman–Crippen MR) is 83.1 cm³/mol. The van der Waals surface area contributed by atoms with Crippen LogP contribution in [0.4, 0.5) is 0 Å². The van der Waals surface area contributed by atoms with E-state index in [-0.39, 0.29) is 5.92 Å². The molecule has 0 bridgehead atoms. The van der Waals surface area contributed by atoms with Crippen LogP contribution < -0.4 is 0 Å². The SMILES string of the molecule is O=C(C1CC1)N1CCCC(c2nc(-c3ccccc3)n[nH]2)C1. The first kappa shape index (κ1) is 13.5. The minimum atomic E-state index is 0.279. The number of hydrogen-bond donors (Lipinski definition) is 1. The number of carbonyl (C=O) groups excluding carboxylic acids is 1. The van der Waals surface area contributed by atoms with Crippen molar-refractivity contribution in [1.29, 1.82) is 0 Å². The third-order valence-corrected chi connectivity index (χ3v) is 4.58. The first-order valence-electron chi connectivity index (χ1n) is 8.08. The summed E-state index contributed by atoms with van der Waals surface area (Å²) in [6.07, 6.45) is 4.25. The van der Waals surface area contributed by atoms with E-state index in [4.69, 9.17) is 0 Å². The first-order valence-corrected chi connectivity index (χ1v) is 8.08. The Balaban J connectivity index is 1.49. The van der Waals surface area contributed by atoms with Crippen LogP contribution in [0.2, 0.25) is 0 Å². The van der Waals surface area contributed by atoms with Gasteiger partial charge in [-0.25, -0.2) is 4.98 Å². The lowest BCUT2D eigenvalue weighted by Crippen LogP contribution is -2.40. The van der Waals surface area contributed by atoms with Gasteiger partial charge in [0, 0.05) is 30.5 Å². The molecule has 5 heteroatoms. The topological polar surface area (TPSA) is 61.9 Å². The Bertz CT molecular complexity index is 662. The van der Waals surface area contributed by atoms with Gasteiger partial charge in [0.15, 0.2) is 5.82 Å². The minimum absolute atomic E-state index is 0.279. The third-order valence-electron chi connectivity index (χ3n) is 4.58. The zero-order valence-corrected chi connectivity index (χ0v) is 12.5. The Morgan fingerprint density at radius 2 is 2.00 bits per heavy atom. The van der Waals surface area contributed by atoms with Crippen LogP contribution in [0.5, 0.6) is 0 Å². The Labute approximate surface area is 129 Å². The van der Waals surface area contributed by atoms with Crippen molar-refractivity contribution in [3.8, 4) is 11.4 Å². The van der Waals surface area contributed by atoms with Gasteiger partial charge < -0.3 is 4.90 Å². The van der Waals surface area contributed by atoms with Gasteiger partial charge in [-0.3, -0.25) is 9.89 Å². The fourth-order valence-electron chi connectivity index (χ4n) is 3.16. The molecule has 1 saturated heterocycles. The van der Waals surface area contributed by atoms with Gasteiger partial charge in [-0.05, 0) is 25.7 Å². The average molecular weight is 296 g/mol. The normalized spacial score (nSPS) is 21.8. The summed E-state index contributed by atoms with van der Waals surface area (Å²) in [6, 6.07) is 9.98. The van der Waals surface area contributed by atoms with E-state index >= 15 is 0 Å². The molecule has 0 spiro atoms. The minimum Gasteiger partial charge on any atom is -0.342 e. The molecule has 0 radical (unpaired) electrons. The number of amides is 1. The van der Waals surface area contributed by atoms with Crippen molar-refractivity contribution in [2.75, 3.05) is 13.1 Å². The summed E-state index contributed by atoms with van der Waals surface area (Å²) in [6.45, 7) is 1.67. The second kappa shape index (κ2) is 5.55. The highest BCUT2D eigenvalue weighted by atomic mass is 16.2. The van der Waals surface area contributed by atoms with Crippen LogP contribution in [-0.2, 0) is 4.79 Å². The fourth-order valence-corrected chi connectivity index (χ4v) is 3.16. The van der Waals surface area contributed by atoms with Crippen LogP contribution in [0.25, 0.3) is 11.4 Å². The number of H-pyrrole nitrogens is 1. The van der Waals surface area contributed by atoms with Crippen LogP contribution in [0.15, 0.2) is 30.3 Å². The molecule has 5 nitrogen and oxygen atoms in total. The van der Waals surface area contributed by atoms with Gasteiger partial charge in [-0.1, -0.05) is 30.3 Å². The van der Waals surface area contributed by atoms with Crippen LogP contribution in [-0.4, -0.2) is 39.1 Å². The Kier molecular flexibility index (Phi) is 3.41. The molecule has 1 aromatic carbocycles. The van der Waals surface area contributed by atoms with Crippen LogP contribution in [0.1, 0.15) is 37.4 Å².